The first-order chi connectivity index (χ1) is 11.1. The summed E-state index contributed by atoms with van der Waals surface area (Å²) in [5.41, 5.74) is 1.09. The molecule has 23 heavy (non-hydrogen) atoms. The van der Waals surface area contributed by atoms with Gasteiger partial charge in [-0.3, -0.25) is 4.79 Å². The summed E-state index contributed by atoms with van der Waals surface area (Å²) < 4.78 is 18.3. The maximum atomic E-state index is 12.8. The minimum atomic E-state index is -0.637. The molecule has 0 saturated heterocycles. The summed E-state index contributed by atoms with van der Waals surface area (Å²) in [6.45, 7) is 2.87. The highest BCUT2D eigenvalue weighted by atomic mass is 19.1. The minimum absolute atomic E-state index is 0.198. The third kappa shape index (κ3) is 5.29. The van der Waals surface area contributed by atoms with Crippen molar-refractivity contribution in [2.75, 3.05) is 25.0 Å². The summed E-state index contributed by atoms with van der Waals surface area (Å²) in [5.74, 6) is -0.0651. The van der Waals surface area contributed by atoms with Crippen LogP contribution in [0.2, 0.25) is 0 Å². The second kappa shape index (κ2) is 8.17. The molecule has 0 aliphatic heterocycles. The molecule has 0 spiro atoms. The third-order valence-electron chi connectivity index (χ3n) is 3.44. The van der Waals surface area contributed by atoms with Crippen LogP contribution in [0.15, 0.2) is 54.6 Å². The highest BCUT2D eigenvalue weighted by Crippen LogP contribution is 2.13. The summed E-state index contributed by atoms with van der Waals surface area (Å²) in [4.78, 5) is 14.1. The van der Waals surface area contributed by atoms with Crippen LogP contribution >= 0.6 is 0 Å². The fraction of sp³-hybridized carbons (Fsp3) is 0.278. The number of benzene rings is 2. The molecule has 1 amide bonds. The number of rotatable bonds is 7. The van der Waals surface area contributed by atoms with Crippen molar-refractivity contribution in [2.24, 2.45) is 0 Å². The molecule has 0 aliphatic carbocycles. The Morgan fingerprint density at radius 1 is 1.17 bits per heavy atom. The average molecular weight is 316 g/mol. The number of hydrogen-bond donors (Lipinski definition) is 1. The zero-order chi connectivity index (χ0) is 16.7. The molecule has 2 aromatic carbocycles. The fourth-order valence-electron chi connectivity index (χ4n) is 2.07. The lowest BCUT2D eigenvalue weighted by molar-refractivity contribution is -0.127. The molecule has 0 radical (unpaired) electrons. The van der Waals surface area contributed by atoms with Crippen molar-refractivity contribution >= 4 is 11.6 Å². The summed E-state index contributed by atoms with van der Waals surface area (Å²) in [7, 11) is 1.97. The lowest BCUT2D eigenvalue weighted by Crippen LogP contribution is -2.40. The van der Waals surface area contributed by atoms with Gasteiger partial charge < -0.3 is 15.0 Å². The van der Waals surface area contributed by atoms with Gasteiger partial charge in [0, 0.05) is 25.8 Å². The van der Waals surface area contributed by atoms with Crippen LogP contribution in [0.4, 0.5) is 10.1 Å². The van der Waals surface area contributed by atoms with E-state index in [-0.39, 0.29) is 11.7 Å². The van der Waals surface area contributed by atoms with Crippen LogP contribution in [-0.4, -0.2) is 32.1 Å². The predicted octanol–water partition coefficient (Wildman–Crippen LogP) is 2.85. The largest absolute Gasteiger partial charge is 0.481 e. The van der Waals surface area contributed by atoms with Crippen molar-refractivity contribution in [1.29, 1.82) is 0 Å². The third-order valence-corrected chi connectivity index (χ3v) is 3.44. The topological polar surface area (TPSA) is 41.6 Å². The molecule has 2 aromatic rings. The zero-order valence-corrected chi connectivity index (χ0v) is 13.3. The SMILES string of the molecule is C[C@@H](Oc1ccc(F)cc1)C(=O)NCCN(C)c1ccccc1. The molecule has 0 aliphatic rings. The molecular weight excluding hydrogens is 295 g/mol. The van der Waals surface area contributed by atoms with Gasteiger partial charge in [-0.15, -0.1) is 0 Å². The van der Waals surface area contributed by atoms with Crippen molar-refractivity contribution in [3.05, 3.63) is 60.4 Å². The van der Waals surface area contributed by atoms with Crippen LogP contribution in [0.1, 0.15) is 6.92 Å². The van der Waals surface area contributed by atoms with E-state index in [1.807, 2.05) is 37.4 Å². The number of ether oxygens (including phenoxy) is 1. The van der Waals surface area contributed by atoms with Gasteiger partial charge in [-0.1, -0.05) is 18.2 Å². The maximum absolute atomic E-state index is 12.8. The molecule has 0 bridgehead atoms. The second-order valence-electron chi connectivity index (χ2n) is 5.26. The summed E-state index contributed by atoms with van der Waals surface area (Å²) >= 11 is 0. The Bertz CT molecular complexity index is 617. The van der Waals surface area contributed by atoms with Crippen LogP contribution in [0, 0.1) is 5.82 Å². The molecule has 0 fully saturated rings. The smallest absolute Gasteiger partial charge is 0.260 e. The van der Waals surface area contributed by atoms with Gasteiger partial charge in [0.05, 0.1) is 0 Å². The van der Waals surface area contributed by atoms with Crippen LogP contribution in [-0.2, 0) is 4.79 Å². The molecule has 4 nitrogen and oxygen atoms in total. The van der Waals surface area contributed by atoms with E-state index in [9.17, 15) is 9.18 Å². The Kier molecular flexibility index (Phi) is 5.97. The number of para-hydroxylation sites is 1. The van der Waals surface area contributed by atoms with E-state index >= 15 is 0 Å². The predicted molar refractivity (Wildman–Crippen MR) is 89.2 cm³/mol. The van der Waals surface area contributed by atoms with Gasteiger partial charge in [0.2, 0.25) is 0 Å². The van der Waals surface area contributed by atoms with Crippen molar-refractivity contribution in [2.45, 2.75) is 13.0 Å². The van der Waals surface area contributed by atoms with Crippen LogP contribution in [0.3, 0.4) is 0 Å². The number of nitrogens with one attached hydrogen (secondary N) is 1. The van der Waals surface area contributed by atoms with Gasteiger partial charge in [0.1, 0.15) is 11.6 Å². The van der Waals surface area contributed by atoms with Gasteiger partial charge in [0.15, 0.2) is 6.10 Å². The molecule has 0 aromatic heterocycles. The number of halogens is 1. The molecule has 0 saturated carbocycles. The normalized spacial score (nSPS) is 11.6. The molecule has 1 N–H and O–H groups in total. The first-order valence-corrected chi connectivity index (χ1v) is 7.52. The van der Waals surface area contributed by atoms with Gasteiger partial charge in [0.25, 0.3) is 5.91 Å². The van der Waals surface area contributed by atoms with Crippen LogP contribution in [0.25, 0.3) is 0 Å². The monoisotopic (exact) mass is 316 g/mol. The van der Waals surface area contributed by atoms with Crippen LogP contribution in [0.5, 0.6) is 5.75 Å². The van der Waals surface area contributed by atoms with Crippen molar-refractivity contribution < 1.29 is 13.9 Å². The average Bonchev–Trinajstić information content (AvgIpc) is 2.57. The number of hydrogen-bond acceptors (Lipinski definition) is 3. The quantitative estimate of drug-likeness (QED) is 0.854. The number of nitrogens with zero attached hydrogens (tertiary/aromatic N) is 1. The highest BCUT2D eigenvalue weighted by molar-refractivity contribution is 5.80. The zero-order valence-electron chi connectivity index (χ0n) is 13.3. The second-order valence-corrected chi connectivity index (χ2v) is 5.26. The lowest BCUT2D eigenvalue weighted by Gasteiger charge is -2.20. The number of anilines is 1. The number of carbonyl (C=O) groups is 1. The van der Waals surface area contributed by atoms with Crippen molar-refractivity contribution in [3.63, 3.8) is 0 Å². The van der Waals surface area contributed by atoms with Gasteiger partial charge in [-0.05, 0) is 43.3 Å². The number of carbonyl (C=O) groups excluding carboxylic acids is 1. The Morgan fingerprint density at radius 3 is 2.48 bits per heavy atom. The van der Waals surface area contributed by atoms with E-state index in [2.05, 4.69) is 10.2 Å². The number of likely N-dealkylation sites (N-methyl/N-ethyl adjacent to an activating group) is 1. The van der Waals surface area contributed by atoms with E-state index in [1.165, 1.54) is 24.3 Å². The minimum Gasteiger partial charge on any atom is -0.481 e. The van der Waals surface area contributed by atoms with E-state index in [0.29, 0.717) is 18.8 Å². The molecule has 0 heterocycles. The summed E-state index contributed by atoms with van der Waals surface area (Å²) in [6.07, 6.45) is -0.637. The van der Waals surface area contributed by atoms with E-state index in [1.54, 1.807) is 6.92 Å². The molecule has 0 unspecified atom stereocenters. The fourth-order valence-corrected chi connectivity index (χ4v) is 2.07. The highest BCUT2D eigenvalue weighted by Gasteiger charge is 2.14. The van der Waals surface area contributed by atoms with Crippen LogP contribution < -0.4 is 15.0 Å². The maximum Gasteiger partial charge on any atom is 0.260 e. The summed E-state index contributed by atoms with van der Waals surface area (Å²) in [6, 6.07) is 15.6. The first kappa shape index (κ1) is 16.8. The van der Waals surface area contributed by atoms with Gasteiger partial charge >= 0.3 is 0 Å². The van der Waals surface area contributed by atoms with Gasteiger partial charge in [-0.2, -0.15) is 0 Å². The lowest BCUT2D eigenvalue weighted by atomic mass is 10.3. The van der Waals surface area contributed by atoms with E-state index in [0.717, 1.165) is 5.69 Å². The van der Waals surface area contributed by atoms with E-state index in [4.69, 9.17) is 4.74 Å². The standard InChI is InChI=1S/C18H21FN2O2/c1-14(23-17-10-8-15(19)9-11-17)18(22)20-12-13-21(2)16-6-4-3-5-7-16/h3-11,14H,12-13H2,1-2H3,(H,20,22)/t14-/m1/s1. The Morgan fingerprint density at radius 2 is 1.83 bits per heavy atom. The molecular formula is C18H21FN2O2. The molecule has 122 valence electrons. The molecule has 2 rings (SSSR count). The number of amides is 1. The molecule has 5 heteroatoms. The van der Waals surface area contributed by atoms with Gasteiger partial charge in [-0.25, -0.2) is 4.39 Å². The summed E-state index contributed by atoms with van der Waals surface area (Å²) in [5, 5.41) is 2.84. The Balaban J connectivity index is 1.74. The Hall–Kier alpha value is -2.56. The Labute approximate surface area is 135 Å². The molecule has 1 atom stereocenters. The van der Waals surface area contributed by atoms with Crippen molar-refractivity contribution in [3.8, 4) is 5.75 Å². The first-order valence-electron chi connectivity index (χ1n) is 7.52. The van der Waals surface area contributed by atoms with Crippen molar-refractivity contribution in [1.82, 2.24) is 5.32 Å². The van der Waals surface area contributed by atoms with E-state index < -0.39 is 6.10 Å².